The summed E-state index contributed by atoms with van der Waals surface area (Å²) < 4.78 is 0. The Balaban J connectivity index is 0.000000781. The maximum Gasteiger partial charge on any atom is 0.0208 e. The molecule has 1 aliphatic rings. The highest BCUT2D eigenvalue weighted by Crippen LogP contribution is 2.36. The molecule has 1 N–H and O–H groups in total. The van der Waals surface area contributed by atoms with Crippen molar-refractivity contribution in [2.75, 3.05) is 6.54 Å². The zero-order valence-corrected chi connectivity index (χ0v) is 31.4. The second kappa shape index (κ2) is 23.8. The molecule has 1 aliphatic carbocycles. The van der Waals surface area contributed by atoms with Gasteiger partial charge in [-0.15, -0.1) is 0 Å². The maximum atomic E-state index is 4.39. The Kier molecular flexibility index (Phi) is 19.4. The third kappa shape index (κ3) is 12.7. The van der Waals surface area contributed by atoms with Gasteiger partial charge in [-0.25, -0.2) is 0 Å². The van der Waals surface area contributed by atoms with Crippen LogP contribution >= 0.6 is 0 Å². The standard InChI is InChI=1S/C40H43N.C8H8.C2H6/c1-8-18-31(10-3)28-41-29-32-21-17-23-34(26-32)37(12-5)38(13-6)35-24-25-39-30(7)20-15-14-16-22-33(19-9-2)36(11-4)40(39)27-35;1-2-8-6-4-3-5-7-8;1-2/h8-10,12-21,23-27,41H,1,3,5-7,11,22,28-29H2,2,4H3;2-7H,1H2;1-2H3/b16-14-,19-9-,20-15-,31-18+,36-33-,38-37-;;. The van der Waals surface area contributed by atoms with E-state index >= 15 is 0 Å². The predicted octanol–water partition coefficient (Wildman–Crippen LogP) is 14.0. The average Bonchev–Trinajstić information content (AvgIpc) is 3.17. The number of benzene rings is 3. The largest absolute Gasteiger partial charge is 0.309 e. The van der Waals surface area contributed by atoms with Gasteiger partial charge in [0, 0.05) is 13.1 Å². The van der Waals surface area contributed by atoms with Crippen LogP contribution in [-0.4, -0.2) is 6.54 Å². The van der Waals surface area contributed by atoms with Gasteiger partial charge in [-0.1, -0.05) is 194 Å². The van der Waals surface area contributed by atoms with Crippen LogP contribution in [0.4, 0.5) is 0 Å². The van der Waals surface area contributed by atoms with Crippen molar-refractivity contribution in [1.29, 1.82) is 0 Å². The molecule has 1 heteroatoms. The van der Waals surface area contributed by atoms with E-state index in [1.54, 1.807) is 6.08 Å². The molecule has 0 atom stereocenters. The SMILES string of the molecule is C=C/C=C(\C=C)CNCc1cccc(/C(C=C)=C(/C=C)c2ccc3c(c2)/C(CC)=C(/C=C\C)C/C=C\C=C/C3=C)c1.C=Cc1ccccc1.CC. The Hall–Kier alpha value is -5.50. The van der Waals surface area contributed by atoms with Crippen molar-refractivity contribution in [3.8, 4) is 0 Å². The monoisotopic (exact) mass is 671 g/mol. The normalized spacial score (nSPS) is 15.8. The first-order valence-corrected chi connectivity index (χ1v) is 17.9. The van der Waals surface area contributed by atoms with Crippen LogP contribution in [0.2, 0.25) is 0 Å². The number of hydrogen-bond acceptors (Lipinski definition) is 1. The van der Waals surface area contributed by atoms with E-state index in [1.165, 1.54) is 27.8 Å². The number of allylic oxidation sites excluding steroid dienone is 15. The Morgan fingerprint density at radius 2 is 1.49 bits per heavy atom. The van der Waals surface area contributed by atoms with Gasteiger partial charge in [-0.2, -0.15) is 0 Å². The van der Waals surface area contributed by atoms with Gasteiger partial charge in [-0.3, -0.25) is 0 Å². The van der Waals surface area contributed by atoms with Gasteiger partial charge in [0.05, 0.1) is 0 Å². The smallest absolute Gasteiger partial charge is 0.0208 e. The summed E-state index contributed by atoms with van der Waals surface area (Å²) >= 11 is 0. The highest BCUT2D eigenvalue weighted by atomic mass is 14.8. The van der Waals surface area contributed by atoms with E-state index in [0.29, 0.717) is 0 Å². The molecule has 0 amide bonds. The predicted molar refractivity (Wildman–Crippen MR) is 232 cm³/mol. The Morgan fingerprint density at radius 1 is 0.784 bits per heavy atom. The van der Waals surface area contributed by atoms with E-state index in [1.807, 2.05) is 74.6 Å². The van der Waals surface area contributed by atoms with E-state index in [4.69, 9.17) is 0 Å². The summed E-state index contributed by atoms with van der Waals surface area (Å²) in [4.78, 5) is 0. The van der Waals surface area contributed by atoms with Crippen LogP contribution in [-0.2, 0) is 6.54 Å². The minimum absolute atomic E-state index is 0.732. The fourth-order valence-corrected chi connectivity index (χ4v) is 5.77. The quantitative estimate of drug-likeness (QED) is 0.141. The summed E-state index contributed by atoms with van der Waals surface area (Å²) in [6.07, 6.45) is 26.0. The van der Waals surface area contributed by atoms with Crippen LogP contribution in [0, 0.1) is 0 Å². The first-order chi connectivity index (χ1) is 24.9. The molecule has 0 saturated carbocycles. The maximum absolute atomic E-state index is 4.39. The lowest BCUT2D eigenvalue weighted by Gasteiger charge is -2.19. The molecule has 0 radical (unpaired) electrons. The molecule has 0 fully saturated rings. The highest BCUT2D eigenvalue weighted by molar-refractivity contribution is 6.00. The van der Waals surface area contributed by atoms with Gasteiger partial charge < -0.3 is 5.32 Å². The molecular weight excluding hydrogens is 615 g/mol. The zero-order valence-electron chi connectivity index (χ0n) is 31.4. The fraction of sp³-hybridized carbons (Fsp3) is 0.160. The van der Waals surface area contributed by atoms with E-state index in [0.717, 1.165) is 64.9 Å². The average molecular weight is 672 g/mol. The second-order valence-corrected chi connectivity index (χ2v) is 11.5. The Morgan fingerprint density at radius 3 is 2.08 bits per heavy atom. The van der Waals surface area contributed by atoms with Crippen LogP contribution in [0.15, 0.2) is 190 Å². The molecule has 3 aromatic carbocycles. The molecule has 262 valence electrons. The molecule has 0 unspecified atom stereocenters. The molecule has 0 aliphatic heterocycles. The van der Waals surface area contributed by atoms with Gasteiger partial charge >= 0.3 is 0 Å². The molecule has 0 heterocycles. The van der Waals surface area contributed by atoms with Crippen LogP contribution < -0.4 is 5.32 Å². The Labute approximate surface area is 310 Å². The van der Waals surface area contributed by atoms with Crippen LogP contribution in [0.25, 0.3) is 28.4 Å². The van der Waals surface area contributed by atoms with Crippen molar-refractivity contribution in [3.05, 3.63) is 224 Å². The minimum Gasteiger partial charge on any atom is -0.309 e. The molecule has 0 saturated heterocycles. The van der Waals surface area contributed by atoms with Gasteiger partial charge in [-0.05, 0) is 98.7 Å². The molecular formula is C50H57N. The third-order valence-corrected chi connectivity index (χ3v) is 8.22. The molecule has 0 bridgehead atoms. The number of nitrogens with one attached hydrogen (secondary N) is 1. The summed E-state index contributed by atoms with van der Waals surface area (Å²) in [5.41, 5.74) is 13.8. The van der Waals surface area contributed by atoms with Gasteiger partial charge in [0.2, 0.25) is 0 Å². The summed E-state index contributed by atoms with van der Waals surface area (Å²) in [5, 5.41) is 3.50. The topological polar surface area (TPSA) is 12.0 Å². The minimum atomic E-state index is 0.732. The van der Waals surface area contributed by atoms with Crippen molar-refractivity contribution in [1.82, 2.24) is 5.32 Å². The second-order valence-electron chi connectivity index (χ2n) is 11.5. The molecule has 4 rings (SSSR count). The molecule has 3 aromatic rings. The zero-order chi connectivity index (χ0) is 37.4. The van der Waals surface area contributed by atoms with Crippen molar-refractivity contribution >= 4 is 28.4 Å². The van der Waals surface area contributed by atoms with E-state index < -0.39 is 0 Å². The molecule has 1 nitrogen and oxygen atoms in total. The van der Waals surface area contributed by atoms with Crippen LogP contribution in [0.1, 0.15) is 73.9 Å². The Bertz CT molecular complexity index is 1830. The number of rotatable bonds is 13. The van der Waals surface area contributed by atoms with Crippen LogP contribution in [0.3, 0.4) is 0 Å². The summed E-state index contributed by atoms with van der Waals surface area (Å²) in [7, 11) is 0. The van der Waals surface area contributed by atoms with Gasteiger partial charge in [0.15, 0.2) is 0 Å². The first-order valence-electron chi connectivity index (χ1n) is 17.9. The fourth-order valence-electron chi connectivity index (χ4n) is 5.77. The van der Waals surface area contributed by atoms with E-state index in [9.17, 15) is 0 Å². The number of hydrogen-bond donors (Lipinski definition) is 1. The van der Waals surface area contributed by atoms with Gasteiger partial charge in [0.25, 0.3) is 0 Å². The highest BCUT2D eigenvalue weighted by Gasteiger charge is 2.16. The van der Waals surface area contributed by atoms with E-state index in [2.05, 4.69) is 138 Å². The van der Waals surface area contributed by atoms with Gasteiger partial charge in [0.1, 0.15) is 0 Å². The van der Waals surface area contributed by atoms with E-state index in [-0.39, 0.29) is 0 Å². The lowest BCUT2D eigenvalue weighted by Crippen LogP contribution is -2.15. The third-order valence-electron chi connectivity index (χ3n) is 8.22. The number of fused-ring (bicyclic) bond motifs is 1. The van der Waals surface area contributed by atoms with Crippen LogP contribution in [0.5, 0.6) is 0 Å². The first kappa shape index (κ1) is 41.7. The molecule has 0 spiro atoms. The summed E-state index contributed by atoms with van der Waals surface area (Å²) in [5.74, 6) is 0. The van der Waals surface area contributed by atoms with Crippen molar-refractivity contribution < 1.29 is 0 Å². The summed E-state index contributed by atoms with van der Waals surface area (Å²) in [6, 6.07) is 25.3. The lowest BCUT2D eigenvalue weighted by molar-refractivity contribution is 0.747. The molecule has 0 aromatic heterocycles. The molecule has 51 heavy (non-hydrogen) atoms. The van der Waals surface area contributed by atoms with Crippen molar-refractivity contribution in [2.45, 2.75) is 47.1 Å². The summed E-state index contributed by atoms with van der Waals surface area (Å²) in [6.45, 7) is 33.9. The van der Waals surface area contributed by atoms with Crippen molar-refractivity contribution in [2.24, 2.45) is 0 Å². The lowest BCUT2D eigenvalue weighted by atomic mass is 9.85. The van der Waals surface area contributed by atoms with Crippen molar-refractivity contribution in [3.63, 3.8) is 0 Å².